The lowest BCUT2D eigenvalue weighted by Gasteiger charge is -2.25. The Morgan fingerprint density at radius 1 is 1.32 bits per heavy atom. The van der Waals surface area contributed by atoms with Gasteiger partial charge in [0.2, 0.25) is 0 Å². The van der Waals surface area contributed by atoms with Crippen molar-refractivity contribution in [1.82, 2.24) is 4.90 Å². The molecule has 1 saturated heterocycles. The highest BCUT2D eigenvalue weighted by molar-refractivity contribution is 5.18. The van der Waals surface area contributed by atoms with Crippen LogP contribution in [0.4, 0.5) is 0 Å². The molecule has 0 bridgehead atoms. The number of aliphatic hydroxyl groups excluding tert-OH is 1. The summed E-state index contributed by atoms with van der Waals surface area (Å²) in [6.07, 6.45) is 5.62. The van der Waals surface area contributed by atoms with Crippen LogP contribution < -0.4 is 5.73 Å². The lowest BCUT2D eigenvalue weighted by Crippen LogP contribution is -2.32. The molecule has 3 heteroatoms. The standard InChI is InChI=1S/C16H26N2O/c17-16(14-6-2-1-3-7-14)10-12-18-11-4-8-15(18)9-5-13-19/h1-3,6-7,15-16,19H,4-5,8-13,17H2. The number of rotatable bonds is 7. The Labute approximate surface area is 116 Å². The third-order valence-electron chi connectivity index (χ3n) is 4.15. The fourth-order valence-corrected chi connectivity index (χ4v) is 3.02. The first-order valence-corrected chi connectivity index (χ1v) is 7.46. The number of nitrogens with two attached hydrogens (primary N) is 1. The maximum absolute atomic E-state index is 8.94. The highest BCUT2D eigenvalue weighted by Crippen LogP contribution is 2.23. The average Bonchev–Trinajstić information content (AvgIpc) is 2.91. The van der Waals surface area contributed by atoms with Gasteiger partial charge in [-0.1, -0.05) is 30.3 Å². The van der Waals surface area contributed by atoms with Crippen molar-refractivity contribution in [3.63, 3.8) is 0 Å². The molecular formula is C16H26N2O. The van der Waals surface area contributed by atoms with Crippen LogP contribution in [0, 0.1) is 0 Å². The fourth-order valence-electron chi connectivity index (χ4n) is 3.02. The molecule has 3 N–H and O–H groups in total. The maximum Gasteiger partial charge on any atom is 0.0431 e. The molecule has 1 fully saturated rings. The Bertz CT molecular complexity index is 355. The summed E-state index contributed by atoms with van der Waals surface area (Å²) in [7, 11) is 0. The van der Waals surface area contributed by atoms with Crippen molar-refractivity contribution >= 4 is 0 Å². The first-order chi connectivity index (χ1) is 9.31. The molecule has 2 atom stereocenters. The van der Waals surface area contributed by atoms with Gasteiger partial charge >= 0.3 is 0 Å². The predicted octanol–water partition coefficient (Wildman–Crippen LogP) is 2.31. The Balaban J connectivity index is 1.78. The molecular weight excluding hydrogens is 236 g/mol. The van der Waals surface area contributed by atoms with Crippen molar-refractivity contribution in [2.45, 2.75) is 44.2 Å². The zero-order valence-corrected chi connectivity index (χ0v) is 11.7. The van der Waals surface area contributed by atoms with Crippen LogP contribution in [0.5, 0.6) is 0 Å². The van der Waals surface area contributed by atoms with Gasteiger partial charge < -0.3 is 15.7 Å². The number of hydrogen-bond donors (Lipinski definition) is 2. The summed E-state index contributed by atoms with van der Waals surface area (Å²) in [5.41, 5.74) is 7.48. The van der Waals surface area contributed by atoms with Gasteiger partial charge in [0.1, 0.15) is 0 Å². The Morgan fingerprint density at radius 2 is 2.11 bits per heavy atom. The van der Waals surface area contributed by atoms with Crippen molar-refractivity contribution < 1.29 is 5.11 Å². The van der Waals surface area contributed by atoms with Crippen molar-refractivity contribution in [2.24, 2.45) is 5.73 Å². The van der Waals surface area contributed by atoms with E-state index in [0.29, 0.717) is 12.6 Å². The van der Waals surface area contributed by atoms with Gasteiger partial charge in [-0.3, -0.25) is 0 Å². The molecule has 1 aromatic carbocycles. The fraction of sp³-hybridized carbons (Fsp3) is 0.625. The van der Waals surface area contributed by atoms with E-state index in [0.717, 1.165) is 25.8 Å². The van der Waals surface area contributed by atoms with E-state index in [1.807, 2.05) is 6.07 Å². The van der Waals surface area contributed by atoms with Gasteiger partial charge in [-0.25, -0.2) is 0 Å². The Hall–Kier alpha value is -0.900. The van der Waals surface area contributed by atoms with Crippen LogP contribution in [0.3, 0.4) is 0 Å². The molecule has 0 saturated carbocycles. The van der Waals surface area contributed by atoms with E-state index in [2.05, 4.69) is 29.2 Å². The second-order valence-electron chi connectivity index (χ2n) is 5.50. The van der Waals surface area contributed by atoms with Gasteiger partial charge in [0.25, 0.3) is 0 Å². The molecule has 0 aliphatic carbocycles. The SMILES string of the molecule is NC(CCN1CCCC1CCCO)c1ccccc1. The smallest absolute Gasteiger partial charge is 0.0431 e. The summed E-state index contributed by atoms with van der Waals surface area (Å²) >= 11 is 0. The van der Waals surface area contributed by atoms with Crippen LogP contribution in [-0.4, -0.2) is 35.7 Å². The third-order valence-corrected chi connectivity index (χ3v) is 4.15. The number of benzene rings is 1. The molecule has 106 valence electrons. The summed E-state index contributed by atoms with van der Waals surface area (Å²) in [6.45, 7) is 2.58. The van der Waals surface area contributed by atoms with E-state index >= 15 is 0 Å². The van der Waals surface area contributed by atoms with E-state index in [1.54, 1.807) is 0 Å². The number of likely N-dealkylation sites (tertiary alicyclic amines) is 1. The van der Waals surface area contributed by atoms with Crippen LogP contribution in [0.15, 0.2) is 30.3 Å². The second kappa shape index (κ2) is 7.63. The highest BCUT2D eigenvalue weighted by atomic mass is 16.2. The normalized spacial score (nSPS) is 21.7. The van der Waals surface area contributed by atoms with Crippen molar-refractivity contribution in [3.05, 3.63) is 35.9 Å². The molecule has 19 heavy (non-hydrogen) atoms. The van der Waals surface area contributed by atoms with Crippen LogP contribution >= 0.6 is 0 Å². The van der Waals surface area contributed by atoms with E-state index in [1.165, 1.54) is 24.9 Å². The molecule has 3 nitrogen and oxygen atoms in total. The minimum Gasteiger partial charge on any atom is -0.396 e. The Morgan fingerprint density at radius 3 is 2.84 bits per heavy atom. The van der Waals surface area contributed by atoms with Gasteiger partial charge in [-0.05, 0) is 44.2 Å². The minimum atomic E-state index is 0.139. The van der Waals surface area contributed by atoms with Gasteiger partial charge in [0.05, 0.1) is 0 Å². The number of nitrogens with zero attached hydrogens (tertiary/aromatic N) is 1. The number of hydrogen-bond acceptors (Lipinski definition) is 3. The van der Waals surface area contributed by atoms with Crippen LogP contribution in [0.1, 0.15) is 43.7 Å². The molecule has 0 amide bonds. The topological polar surface area (TPSA) is 49.5 Å². The quantitative estimate of drug-likeness (QED) is 0.793. The maximum atomic E-state index is 8.94. The van der Waals surface area contributed by atoms with E-state index in [4.69, 9.17) is 10.8 Å². The summed E-state index contributed by atoms with van der Waals surface area (Å²) in [5, 5.41) is 8.94. The molecule has 2 unspecified atom stereocenters. The molecule has 0 spiro atoms. The predicted molar refractivity (Wildman–Crippen MR) is 78.9 cm³/mol. The molecule has 0 aromatic heterocycles. The molecule has 1 aromatic rings. The molecule has 1 heterocycles. The zero-order valence-electron chi connectivity index (χ0n) is 11.7. The molecule has 2 rings (SSSR count). The summed E-state index contributed by atoms with van der Waals surface area (Å²) in [5.74, 6) is 0. The van der Waals surface area contributed by atoms with Gasteiger partial charge in [0, 0.05) is 25.2 Å². The highest BCUT2D eigenvalue weighted by Gasteiger charge is 2.23. The van der Waals surface area contributed by atoms with Crippen molar-refractivity contribution in [3.8, 4) is 0 Å². The second-order valence-corrected chi connectivity index (χ2v) is 5.50. The summed E-state index contributed by atoms with van der Waals surface area (Å²) in [6, 6.07) is 11.2. The first kappa shape index (κ1) is 14.5. The van der Waals surface area contributed by atoms with Crippen LogP contribution in [0.2, 0.25) is 0 Å². The summed E-state index contributed by atoms with van der Waals surface area (Å²) in [4.78, 5) is 2.55. The Kier molecular flexibility index (Phi) is 5.83. The molecule has 1 aliphatic heterocycles. The average molecular weight is 262 g/mol. The molecule has 1 aliphatic rings. The third kappa shape index (κ3) is 4.30. The summed E-state index contributed by atoms with van der Waals surface area (Å²) < 4.78 is 0. The van der Waals surface area contributed by atoms with Gasteiger partial charge in [-0.2, -0.15) is 0 Å². The largest absolute Gasteiger partial charge is 0.396 e. The lowest BCUT2D eigenvalue weighted by atomic mass is 10.0. The first-order valence-electron chi connectivity index (χ1n) is 7.46. The van der Waals surface area contributed by atoms with Crippen LogP contribution in [-0.2, 0) is 0 Å². The lowest BCUT2D eigenvalue weighted by molar-refractivity contribution is 0.211. The van der Waals surface area contributed by atoms with E-state index in [9.17, 15) is 0 Å². The van der Waals surface area contributed by atoms with Crippen molar-refractivity contribution in [2.75, 3.05) is 19.7 Å². The number of aliphatic hydroxyl groups is 1. The van der Waals surface area contributed by atoms with E-state index < -0.39 is 0 Å². The van der Waals surface area contributed by atoms with Crippen LogP contribution in [0.25, 0.3) is 0 Å². The van der Waals surface area contributed by atoms with Gasteiger partial charge in [-0.15, -0.1) is 0 Å². The van der Waals surface area contributed by atoms with Gasteiger partial charge in [0.15, 0.2) is 0 Å². The molecule has 0 radical (unpaired) electrons. The minimum absolute atomic E-state index is 0.139. The van der Waals surface area contributed by atoms with Crippen molar-refractivity contribution in [1.29, 1.82) is 0 Å². The van der Waals surface area contributed by atoms with E-state index in [-0.39, 0.29) is 6.04 Å². The zero-order chi connectivity index (χ0) is 13.5. The monoisotopic (exact) mass is 262 g/mol.